The second-order valence-electron chi connectivity index (χ2n) is 4.28. The highest BCUT2D eigenvalue weighted by molar-refractivity contribution is 6.32. The van der Waals surface area contributed by atoms with Crippen LogP contribution in [0.1, 0.15) is 24.2 Å². The van der Waals surface area contributed by atoms with Crippen LogP contribution in [0.25, 0.3) is 0 Å². The number of halogens is 1. The fraction of sp³-hybridized carbons (Fsp3) is 0.429. The van der Waals surface area contributed by atoms with Gasteiger partial charge in [-0.05, 0) is 26.0 Å². The second-order valence-corrected chi connectivity index (χ2v) is 4.69. The Kier molecular flexibility index (Phi) is 4.90. The Morgan fingerprint density at radius 2 is 2.05 bits per heavy atom. The molecule has 0 aromatic heterocycles. The zero-order valence-electron chi connectivity index (χ0n) is 11.7. The molecule has 1 heterocycles. The number of rotatable bonds is 4. The van der Waals surface area contributed by atoms with E-state index in [0.29, 0.717) is 24.7 Å². The van der Waals surface area contributed by atoms with Crippen LogP contribution in [-0.4, -0.2) is 37.9 Å². The SMILES string of the molecule is CCOC(=O)[C@H](C)OC(=O)c1cc(Cl)c2c(c1)OCCO2. The molecule has 0 saturated carbocycles. The van der Waals surface area contributed by atoms with Crippen molar-refractivity contribution in [2.75, 3.05) is 19.8 Å². The van der Waals surface area contributed by atoms with E-state index in [0.717, 1.165) is 0 Å². The van der Waals surface area contributed by atoms with Crippen molar-refractivity contribution in [2.45, 2.75) is 20.0 Å². The Bertz CT molecular complexity index is 557. The minimum absolute atomic E-state index is 0.181. The molecule has 6 nitrogen and oxygen atoms in total. The number of carbonyl (C=O) groups is 2. The van der Waals surface area contributed by atoms with Crippen molar-refractivity contribution in [1.29, 1.82) is 0 Å². The van der Waals surface area contributed by atoms with Gasteiger partial charge in [-0.3, -0.25) is 0 Å². The van der Waals surface area contributed by atoms with Gasteiger partial charge in [0.05, 0.1) is 17.2 Å². The van der Waals surface area contributed by atoms with Gasteiger partial charge in [0, 0.05) is 0 Å². The summed E-state index contributed by atoms with van der Waals surface area (Å²) in [5, 5.41) is 0.253. The van der Waals surface area contributed by atoms with E-state index in [-0.39, 0.29) is 17.2 Å². The van der Waals surface area contributed by atoms with Crippen LogP contribution in [0, 0.1) is 0 Å². The predicted molar refractivity (Wildman–Crippen MR) is 74.0 cm³/mol. The molecule has 1 atom stereocenters. The monoisotopic (exact) mass is 314 g/mol. The van der Waals surface area contributed by atoms with Crippen LogP contribution in [0.5, 0.6) is 11.5 Å². The molecule has 114 valence electrons. The molecule has 0 fully saturated rings. The summed E-state index contributed by atoms with van der Waals surface area (Å²) in [4.78, 5) is 23.5. The molecule has 1 aliphatic rings. The van der Waals surface area contributed by atoms with Crippen LogP contribution in [0.3, 0.4) is 0 Å². The first-order valence-corrected chi connectivity index (χ1v) is 6.87. The summed E-state index contributed by atoms with van der Waals surface area (Å²) in [5.74, 6) is -0.508. The molecule has 21 heavy (non-hydrogen) atoms. The summed E-state index contributed by atoms with van der Waals surface area (Å²) in [6, 6.07) is 2.88. The third-order valence-corrected chi connectivity index (χ3v) is 3.02. The summed E-state index contributed by atoms with van der Waals surface area (Å²) in [6.07, 6.45) is -0.996. The minimum Gasteiger partial charge on any atom is -0.486 e. The zero-order valence-corrected chi connectivity index (χ0v) is 12.4. The summed E-state index contributed by atoms with van der Waals surface area (Å²) >= 11 is 6.04. The van der Waals surface area contributed by atoms with Gasteiger partial charge in [0.25, 0.3) is 0 Å². The van der Waals surface area contributed by atoms with Gasteiger partial charge in [-0.15, -0.1) is 0 Å². The first-order valence-electron chi connectivity index (χ1n) is 6.49. The van der Waals surface area contributed by atoms with E-state index < -0.39 is 18.0 Å². The van der Waals surface area contributed by atoms with Gasteiger partial charge in [0.1, 0.15) is 13.2 Å². The molecule has 7 heteroatoms. The van der Waals surface area contributed by atoms with Crippen LogP contribution in [0.15, 0.2) is 12.1 Å². The predicted octanol–water partition coefficient (Wildman–Crippen LogP) is 2.22. The van der Waals surface area contributed by atoms with E-state index in [4.69, 9.17) is 30.5 Å². The average Bonchev–Trinajstić information content (AvgIpc) is 2.47. The lowest BCUT2D eigenvalue weighted by atomic mass is 10.2. The maximum Gasteiger partial charge on any atom is 0.347 e. The summed E-state index contributed by atoms with van der Waals surface area (Å²) in [7, 11) is 0. The van der Waals surface area contributed by atoms with Gasteiger partial charge >= 0.3 is 11.9 Å². The topological polar surface area (TPSA) is 71.1 Å². The molecular weight excluding hydrogens is 300 g/mol. The summed E-state index contributed by atoms with van der Waals surface area (Å²) in [6.45, 7) is 4.11. The van der Waals surface area contributed by atoms with Gasteiger partial charge in [-0.25, -0.2) is 9.59 Å². The van der Waals surface area contributed by atoms with Gasteiger partial charge < -0.3 is 18.9 Å². The first kappa shape index (κ1) is 15.4. The van der Waals surface area contributed by atoms with E-state index in [1.165, 1.54) is 19.1 Å². The lowest BCUT2D eigenvalue weighted by Gasteiger charge is -2.20. The van der Waals surface area contributed by atoms with E-state index in [2.05, 4.69) is 0 Å². The summed E-state index contributed by atoms with van der Waals surface area (Å²) in [5.41, 5.74) is 0.181. The zero-order chi connectivity index (χ0) is 15.4. The van der Waals surface area contributed by atoms with Crippen LogP contribution in [0.2, 0.25) is 5.02 Å². The second kappa shape index (κ2) is 6.67. The lowest BCUT2D eigenvalue weighted by Crippen LogP contribution is -2.26. The van der Waals surface area contributed by atoms with E-state index >= 15 is 0 Å². The van der Waals surface area contributed by atoms with Crippen LogP contribution in [0.4, 0.5) is 0 Å². The number of fused-ring (bicyclic) bond motifs is 1. The van der Waals surface area contributed by atoms with E-state index in [9.17, 15) is 9.59 Å². The largest absolute Gasteiger partial charge is 0.486 e. The molecule has 0 N–H and O–H groups in total. The van der Waals surface area contributed by atoms with Crippen molar-refractivity contribution in [3.8, 4) is 11.5 Å². The Morgan fingerprint density at radius 3 is 2.76 bits per heavy atom. The van der Waals surface area contributed by atoms with Crippen LogP contribution in [-0.2, 0) is 14.3 Å². The number of ether oxygens (including phenoxy) is 4. The van der Waals surface area contributed by atoms with Gasteiger partial charge in [-0.2, -0.15) is 0 Å². The number of hydrogen-bond donors (Lipinski definition) is 0. The van der Waals surface area contributed by atoms with Crippen molar-refractivity contribution >= 4 is 23.5 Å². The Balaban J connectivity index is 2.13. The minimum atomic E-state index is -0.996. The van der Waals surface area contributed by atoms with Crippen molar-refractivity contribution in [1.82, 2.24) is 0 Å². The quantitative estimate of drug-likeness (QED) is 0.794. The lowest BCUT2D eigenvalue weighted by molar-refractivity contribution is -0.152. The number of benzene rings is 1. The van der Waals surface area contributed by atoms with Gasteiger partial charge in [0.15, 0.2) is 17.6 Å². The molecule has 0 unspecified atom stereocenters. The molecule has 0 radical (unpaired) electrons. The highest BCUT2D eigenvalue weighted by Crippen LogP contribution is 2.38. The maximum atomic E-state index is 12.0. The third-order valence-electron chi connectivity index (χ3n) is 2.73. The Labute approximate surface area is 126 Å². The van der Waals surface area contributed by atoms with E-state index in [1.807, 2.05) is 0 Å². The molecule has 2 rings (SSSR count). The maximum absolute atomic E-state index is 12.0. The number of hydrogen-bond acceptors (Lipinski definition) is 6. The first-order chi connectivity index (χ1) is 10.0. The molecule has 1 aliphatic heterocycles. The highest BCUT2D eigenvalue weighted by atomic mass is 35.5. The fourth-order valence-corrected chi connectivity index (χ4v) is 2.03. The Morgan fingerprint density at radius 1 is 1.33 bits per heavy atom. The number of carbonyl (C=O) groups excluding carboxylic acids is 2. The Hall–Kier alpha value is -1.95. The van der Waals surface area contributed by atoms with Crippen molar-refractivity contribution < 1.29 is 28.5 Å². The molecule has 0 amide bonds. The van der Waals surface area contributed by atoms with Crippen LogP contribution < -0.4 is 9.47 Å². The normalized spacial score (nSPS) is 14.2. The number of esters is 2. The smallest absolute Gasteiger partial charge is 0.347 e. The van der Waals surface area contributed by atoms with Crippen molar-refractivity contribution in [2.24, 2.45) is 0 Å². The molecule has 0 saturated heterocycles. The van der Waals surface area contributed by atoms with Crippen molar-refractivity contribution in [3.05, 3.63) is 22.7 Å². The standard InChI is InChI=1S/C14H15ClO6/c1-3-18-13(16)8(2)21-14(17)9-6-10(15)12-11(7-9)19-4-5-20-12/h6-8H,3-5H2,1-2H3/t8-/m0/s1. The highest BCUT2D eigenvalue weighted by Gasteiger charge is 2.23. The van der Waals surface area contributed by atoms with E-state index in [1.54, 1.807) is 6.92 Å². The molecule has 1 aromatic carbocycles. The third kappa shape index (κ3) is 3.58. The molecule has 0 spiro atoms. The molecule has 0 aliphatic carbocycles. The molecule has 1 aromatic rings. The van der Waals surface area contributed by atoms with Crippen molar-refractivity contribution in [3.63, 3.8) is 0 Å². The average molecular weight is 315 g/mol. The van der Waals surface area contributed by atoms with Gasteiger partial charge in [-0.1, -0.05) is 11.6 Å². The summed E-state index contributed by atoms with van der Waals surface area (Å²) < 4.78 is 20.5. The molecule has 0 bridgehead atoms. The van der Waals surface area contributed by atoms with Crippen LogP contribution >= 0.6 is 11.6 Å². The fourth-order valence-electron chi connectivity index (χ4n) is 1.77. The van der Waals surface area contributed by atoms with Gasteiger partial charge in [0.2, 0.25) is 0 Å². The molecular formula is C14H15ClO6.